The van der Waals surface area contributed by atoms with Crippen LogP contribution in [0.15, 0.2) is 34.7 Å². The Morgan fingerprint density at radius 2 is 2.00 bits per heavy atom. The number of benzene rings is 1. The van der Waals surface area contributed by atoms with Gasteiger partial charge in [0.15, 0.2) is 17.4 Å². The SMILES string of the molecule is NCc1ccc(C(=O)Nc2ccc(F)c(F)c2)o1. The zero-order valence-corrected chi connectivity index (χ0v) is 9.24. The summed E-state index contributed by atoms with van der Waals surface area (Å²) in [5, 5.41) is 2.38. The minimum Gasteiger partial charge on any atom is -0.455 e. The number of nitrogens with two attached hydrogens (primary N) is 1. The molecule has 0 bridgehead atoms. The van der Waals surface area contributed by atoms with E-state index in [0.29, 0.717) is 5.76 Å². The summed E-state index contributed by atoms with van der Waals surface area (Å²) in [5.74, 6) is -2.04. The number of rotatable bonds is 3. The van der Waals surface area contributed by atoms with Crippen LogP contribution in [-0.2, 0) is 6.54 Å². The molecule has 1 aromatic carbocycles. The van der Waals surface area contributed by atoms with Crippen molar-refractivity contribution in [3.05, 3.63) is 53.5 Å². The van der Waals surface area contributed by atoms with Gasteiger partial charge in [0.2, 0.25) is 0 Å². The largest absolute Gasteiger partial charge is 0.455 e. The van der Waals surface area contributed by atoms with Crippen LogP contribution in [0.2, 0.25) is 0 Å². The summed E-state index contributed by atoms with van der Waals surface area (Å²) in [6.07, 6.45) is 0. The monoisotopic (exact) mass is 252 g/mol. The van der Waals surface area contributed by atoms with Crippen molar-refractivity contribution in [3.8, 4) is 0 Å². The van der Waals surface area contributed by atoms with Crippen molar-refractivity contribution in [2.45, 2.75) is 6.54 Å². The predicted octanol–water partition coefficient (Wildman–Crippen LogP) is 2.27. The maximum atomic E-state index is 12.9. The van der Waals surface area contributed by atoms with Gasteiger partial charge in [0.25, 0.3) is 5.91 Å². The van der Waals surface area contributed by atoms with E-state index in [1.54, 1.807) is 6.07 Å². The minimum atomic E-state index is -1.03. The van der Waals surface area contributed by atoms with Crippen molar-refractivity contribution < 1.29 is 18.0 Å². The lowest BCUT2D eigenvalue weighted by Gasteiger charge is -2.03. The number of amides is 1. The molecule has 0 unspecified atom stereocenters. The van der Waals surface area contributed by atoms with Gasteiger partial charge in [-0.15, -0.1) is 0 Å². The van der Waals surface area contributed by atoms with Gasteiger partial charge in [-0.2, -0.15) is 0 Å². The summed E-state index contributed by atoms with van der Waals surface area (Å²) in [6, 6.07) is 6.10. The predicted molar refractivity (Wildman–Crippen MR) is 60.9 cm³/mol. The van der Waals surface area contributed by atoms with Crippen molar-refractivity contribution >= 4 is 11.6 Å². The fourth-order valence-corrected chi connectivity index (χ4v) is 1.38. The Kier molecular flexibility index (Phi) is 3.38. The van der Waals surface area contributed by atoms with Gasteiger partial charge in [0.1, 0.15) is 5.76 Å². The van der Waals surface area contributed by atoms with Crippen LogP contribution in [0.3, 0.4) is 0 Å². The van der Waals surface area contributed by atoms with Gasteiger partial charge in [-0.25, -0.2) is 8.78 Å². The summed E-state index contributed by atoms with van der Waals surface area (Å²) in [4.78, 5) is 11.7. The lowest BCUT2D eigenvalue weighted by atomic mass is 10.3. The summed E-state index contributed by atoms with van der Waals surface area (Å²) in [7, 11) is 0. The lowest BCUT2D eigenvalue weighted by Crippen LogP contribution is -2.11. The van der Waals surface area contributed by atoms with E-state index in [9.17, 15) is 13.6 Å². The summed E-state index contributed by atoms with van der Waals surface area (Å²) < 4.78 is 30.7. The molecule has 1 aromatic heterocycles. The van der Waals surface area contributed by atoms with E-state index >= 15 is 0 Å². The first-order valence-corrected chi connectivity index (χ1v) is 5.15. The Morgan fingerprint density at radius 3 is 2.61 bits per heavy atom. The molecule has 0 saturated heterocycles. The number of carbonyl (C=O) groups excluding carboxylic acids is 1. The van der Waals surface area contributed by atoms with Crippen LogP contribution < -0.4 is 11.1 Å². The number of hydrogen-bond donors (Lipinski definition) is 2. The Labute approximate surface area is 101 Å². The number of hydrogen-bond acceptors (Lipinski definition) is 3. The maximum absolute atomic E-state index is 12.9. The number of anilines is 1. The van der Waals surface area contributed by atoms with Crippen molar-refractivity contribution in [1.29, 1.82) is 0 Å². The second kappa shape index (κ2) is 4.97. The van der Waals surface area contributed by atoms with Crippen LogP contribution in [0.25, 0.3) is 0 Å². The van der Waals surface area contributed by atoms with Crippen LogP contribution in [0.4, 0.5) is 14.5 Å². The van der Waals surface area contributed by atoms with Gasteiger partial charge in [-0.1, -0.05) is 0 Å². The first-order chi connectivity index (χ1) is 8.60. The van der Waals surface area contributed by atoms with Gasteiger partial charge in [0.05, 0.1) is 6.54 Å². The molecule has 0 radical (unpaired) electrons. The summed E-state index contributed by atoms with van der Waals surface area (Å²) >= 11 is 0. The van der Waals surface area contributed by atoms with E-state index in [-0.39, 0.29) is 18.0 Å². The maximum Gasteiger partial charge on any atom is 0.291 e. The van der Waals surface area contributed by atoms with Crippen molar-refractivity contribution in [2.75, 3.05) is 5.32 Å². The van der Waals surface area contributed by atoms with Gasteiger partial charge in [-0.05, 0) is 24.3 Å². The molecule has 18 heavy (non-hydrogen) atoms. The molecule has 0 spiro atoms. The van der Waals surface area contributed by atoms with Crippen LogP contribution >= 0.6 is 0 Å². The molecule has 94 valence electrons. The van der Waals surface area contributed by atoms with Gasteiger partial charge >= 0.3 is 0 Å². The van der Waals surface area contributed by atoms with Gasteiger partial charge < -0.3 is 15.5 Å². The third kappa shape index (κ3) is 2.54. The van der Waals surface area contributed by atoms with Crippen molar-refractivity contribution in [3.63, 3.8) is 0 Å². The molecule has 2 rings (SSSR count). The zero-order chi connectivity index (χ0) is 13.1. The third-order valence-electron chi connectivity index (χ3n) is 2.26. The van der Waals surface area contributed by atoms with E-state index in [2.05, 4.69) is 5.32 Å². The molecular formula is C12H10F2N2O2. The van der Waals surface area contributed by atoms with Crippen molar-refractivity contribution in [1.82, 2.24) is 0 Å². The van der Waals surface area contributed by atoms with E-state index in [0.717, 1.165) is 12.1 Å². The normalized spacial score (nSPS) is 10.4. The molecule has 0 aliphatic rings. The van der Waals surface area contributed by atoms with Gasteiger partial charge in [0, 0.05) is 11.8 Å². The van der Waals surface area contributed by atoms with Crippen LogP contribution in [0.1, 0.15) is 16.3 Å². The number of halogens is 2. The Bertz CT molecular complexity index is 581. The standard InChI is InChI=1S/C12H10F2N2O2/c13-9-3-1-7(5-10(9)14)16-12(17)11-4-2-8(6-15)18-11/h1-5H,6,15H2,(H,16,17). The Hall–Kier alpha value is -2.21. The molecule has 0 aliphatic heterocycles. The molecule has 1 amide bonds. The first kappa shape index (κ1) is 12.3. The molecule has 0 fully saturated rings. The fraction of sp³-hybridized carbons (Fsp3) is 0.0833. The molecule has 0 atom stereocenters. The molecule has 0 saturated carbocycles. The summed E-state index contributed by atoms with van der Waals surface area (Å²) in [5.41, 5.74) is 5.48. The van der Waals surface area contributed by atoms with E-state index in [4.69, 9.17) is 10.2 Å². The van der Waals surface area contributed by atoms with E-state index in [1.807, 2.05) is 0 Å². The highest BCUT2D eigenvalue weighted by Crippen LogP contribution is 2.15. The van der Waals surface area contributed by atoms with E-state index < -0.39 is 17.5 Å². The number of carbonyl (C=O) groups is 1. The average molecular weight is 252 g/mol. The third-order valence-corrected chi connectivity index (χ3v) is 2.26. The van der Waals surface area contributed by atoms with Crippen LogP contribution in [-0.4, -0.2) is 5.91 Å². The van der Waals surface area contributed by atoms with E-state index in [1.165, 1.54) is 12.1 Å². The molecule has 0 aliphatic carbocycles. The molecule has 4 nitrogen and oxygen atoms in total. The molecular weight excluding hydrogens is 242 g/mol. The van der Waals surface area contributed by atoms with Gasteiger partial charge in [-0.3, -0.25) is 4.79 Å². The van der Waals surface area contributed by atoms with Crippen molar-refractivity contribution in [2.24, 2.45) is 5.73 Å². The Morgan fingerprint density at radius 1 is 1.22 bits per heavy atom. The molecule has 1 heterocycles. The quantitative estimate of drug-likeness (QED) is 0.880. The molecule has 2 aromatic rings. The molecule has 3 N–H and O–H groups in total. The average Bonchev–Trinajstić information content (AvgIpc) is 2.82. The molecule has 6 heteroatoms. The number of nitrogens with one attached hydrogen (secondary N) is 1. The highest BCUT2D eigenvalue weighted by molar-refractivity contribution is 6.02. The second-order valence-electron chi connectivity index (χ2n) is 3.55. The first-order valence-electron chi connectivity index (χ1n) is 5.15. The highest BCUT2D eigenvalue weighted by atomic mass is 19.2. The number of furan rings is 1. The van der Waals surface area contributed by atoms with Crippen LogP contribution in [0.5, 0.6) is 0 Å². The van der Waals surface area contributed by atoms with Crippen LogP contribution in [0, 0.1) is 11.6 Å². The lowest BCUT2D eigenvalue weighted by molar-refractivity contribution is 0.0995. The topological polar surface area (TPSA) is 68.3 Å². The highest BCUT2D eigenvalue weighted by Gasteiger charge is 2.12. The second-order valence-corrected chi connectivity index (χ2v) is 3.55. The summed E-state index contributed by atoms with van der Waals surface area (Å²) in [6.45, 7) is 0.179. The minimum absolute atomic E-state index is 0.0557. The smallest absolute Gasteiger partial charge is 0.291 e. The Balaban J connectivity index is 2.13. The zero-order valence-electron chi connectivity index (χ0n) is 9.24. The fourth-order valence-electron chi connectivity index (χ4n) is 1.38.